The SMILES string of the molecule is O=C(/C=C\c1cccs1)N1CCC(c2ncon2)C1. The van der Waals surface area contributed by atoms with Gasteiger partial charge in [0.05, 0.1) is 0 Å². The lowest BCUT2D eigenvalue weighted by Gasteiger charge is -2.12. The Hall–Kier alpha value is -1.95. The average molecular weight is 275 g/mol. The molecule has 0 aliphatic carbocycles. The fourth-order valence-corrected chi connectivity index (χ4v) is 2.79. The third kappa shape index (κ3) is 2.73. The maximum Gasteiger partial charge on any atom is 0.246 e. The molecule has 1 amide bonds. The van der Waals surface area contributed by atoms with Crippen LogP contribution in [-0.4, -0.2) is 34.0 Å². The van der Waals surface area contributed by atoms with E-state index >= 15 is 0 Å². The van der Waals surface area contributed by atoms with Gasteiger partial charge in [-0.2, -0.15) is 4.98 Å². The standard InChI is InChI=1S/C13H13N3O2S/c17-12(4-3-11-2-1-7-19-11)16-6-5-10(8-16)13-14-9-18-15-13/h1-4,7,9-10H,5-6,8H2/b4-3-. The molecule has 1 aliphatic rings. The number of likely N-dealkylation sites (tertiary alicyclic amines) is 1. The summed E-state index contributed by atoms with van der Waals surface area (Å²) in [7, 11) is 0. The van der Waals surface area contributed by atoms with Crippen LogP contribution >= 0.6 is 11.3 Å². The predicted molar refractivity (Wildman–Crippen MR) is 71.6 cm³/mol. The van der Waals surface area contributed by atoms with E-state index in [1.54, 1.807) is 17.4 Å². The van der Waals surface area contributed by atoms with E-state index in [0.717, 1.165) is 17.8 Å². The highest BCUT2D eigenvalue weighted by molar-refractivity contribution is 7.10. The molecule has 2 aromatic rings. The maximum atomic E-state index is 12.0. The minimum Gasteiger partial charge on any atom is -0.343 e. The fourth-order valence-electron chi connectivity index (χ4n) is 2.17. The van der Waals surface area contributed by atoms with Crippen molar-refractivity contribution in [1.29, 1.82) is 0 Å². The molecule has 0 radical (unpaired) electrons. The summed E-state index contributed by atoms with van der Waals surface area (Å²) in [6.45, 7) is 1.40. The van der Waals surface area contributed by atoms with Gasteiger partial charge in [-0.25, -0.2) is 0 Å². The lowest BCUT2D eigenvalue weighted by molar-refractivity contribution is -0.124. The van der Waals surface area contributed by atoms with Crippen molar-refractivity contribution < 1.29 is 9.32 Å². The first-order valence-corrected chi connectivity index (χ1v) is 6.97. The largest absolute Gasteiger partial charge is 0.343 e. The molecule has 1 saturated heterocycles. The van der Waals surface area contributed by atoms with Gasteiger partial charge in [-0.1, -0.05) is 11.2 Å². The summed E-state index contributed by atoms with van der Waals surface area (Å²) < 4.78 is 4.74. The second-order valence-electron chi connectivity index (χ2n) is 4.41. The van der Waals surface area contributed by atoms with Gasteiger partial charge >= 0.3 is 0 Å². The summed E-state index contributed by atoms with van der Waals surface area (Å²) in [6, 6.07) is 3.96. The summed E-state index contributed by atoms with van der Waals surface area (Å²) in [5.74, 6) is 0.926. The first kappa shape index (κ1) is 12.1. The van der Waals surface area contributed by atoms with Gasteiger partial charge in [0.1, 0.15) is 0 Å². The zero-order valence-electron chi connectivity index (χ0n) is 10.2. The number of thiophene rings is 1. The van der Waals surface area contributed by atoms with Gasteiger partial charge in [0.2, 0.25) is 12.3 Å². The van der Waals surface area contributed by atoms with Crippen LogP contribution in [0.5, 0.6) is 0 Å². The second-order valence-corrected chi connectivity index (χ2v) is 5.39. The second kappa shape index (κ2) is 5.36. The highest BCUT2D eigenvalue weighted by atomic mass is 32.1. The number of carbonyl (C=O) groups is 1. The number of hydrogen-bond donors (Lipinski definition) is 0. The van der Waals surface area contributed by atoms with Gasteiger partial charge < -0.3 is 9.42 Å². The molecule has 0 bridgehead atoms. The minimum absolute atomic E-state index is 0.0411. The predicted octanol–water partition coefficient (Wildman–Crippen LogP) is 2.16. The van der Waals surface area contributed by atoms with Crippen LogP contribution in [0, 0.1) is 0 Å². The molecule has 98 valence electrons. The van der Waals surface area contributed by atoms with Crippen molar-refractivity contribution in [2.75, 3.05) is 13.1 Å². The van der Waals surface area contributed by atoms with Crippen LogP contribution in [0.2, 0.25) is 0 Å². The highest BCUT2D eigenvalue weighted by Crippen LogP contribution is 2.24. The zero-order chi connectivity index (χ0) is 13.1. The number of hydrogen-bond acceptors (Lipinski definition) is 5. The molecule has 19 heavy (non-hydrogen) atoms. The van der Waals surface area contributed by atoms with Gasteiger partial charge in [-0.15, -0.1) is 11.3 Å². The van der Waals surface area contributed by atoms with Gasteiger partial charge in [-0.3, -0.25) is 4.79 Å². The number of amides is 1. The molecule has 1 unspecified atom stereocenters. The van der Waals surface area contributed by atoms with E-state index in [2.05, 4.69) is 10.1 Å². The van der Waals surface area contributed by atoms with Crippen molar-refractivity contribution in [2.24, 2.45) is 0 Å². The molecule has 0 spiro atoms. The number of aromatic nitrogens is 2. The summed E-state index contributed by atoms with van der Waals surface area (Å²) in [5, 5.41) is 5.83. The highest BCUT2D eigenvalue weighted by Gasteiger charge is 2.28. The van der Waals surface area contributed by atoms with Crippen LogP contribution in [0.1, 0.15) is 23.0 Å². The molecule has 2 aromatic heterocycles. The van der Waals surface area contributed by atoms with Gasteiger partial charge in [0.25, 0.3) is 0 Å². The molecule has 0 aromatic carbocycles. The number of nitrogens with zero attached hydrogens (tertiary/aromatic N) is 3. The molecule has 0 N–H and O–H groups in total. The van der Waals surface area contributed by atoms with E-state index in [4.69, 9.17) is 4.52 Å². The van der Waals surface area contributed by atoms with E-state index in [9.17, 15) is 4.79 Å². The molecule has 1 fully saturated rings. The molecule has 3 rings (SSSR count). The smallest absolute Gasteiger partial charge is 0.246 e. The third-order valence-corrected chi connectivity index (χ3v) is 4.01. The minimum atomic E-state index is 0.0411. The van der Waals surface area contributed by atoms with Crippen LogP contribution in [-0.2, 0) is 4.79 Å². The molecule has 5 nitrogen and oxygen atoms in total. The van der Waals surface area contributed by atoms with Crippen LogP contribution in [0.15, 0.2) is 34.5 Å². The maximum absolute atomic E-state index is 12.0. The van der Waals surface area contributed by atoms with E-state index in [1.165, 1.54) is 6.39 Å². The summed E-state index contributed by atoms with van der Waals surface area (Å²) >= 11 is 1.62. The van der Waals surface area contributed by atoms with Crippen molar-refractivity contribution >= 4 is 23.3 Å². The Morgan fingerprint density at radius 1 is 1.58 bits per heavy atom. The van der Waals surface area contributed by atoms with Crippen LogP contribution in [0.4, 0.5) is 0 Å². The van der Waals surface area contributed by atoms with Crippen LogP contribution in [0.3, 0.4) is 0 Å². The summed E-state index contributed by atoms with van der Waals surface area (Å²) in [5.41, 5.74) is 0. The molecular formula is C13H13N3O2S. The van der Waals surface area contributed by atoms with E-state index < -0.39 is 0 Å². The van der Waals surface area contributed by atoms with Crippen molar-refractivity contribution in [1.82, 2.24) is 15.0 Å². The Morgan fingerprint density at radius 3 is 3.26 bits per heavy atom. The Kier molecular flexibility index (Phi) is 3.41. The van der Waals surface area contributed by atoms with E-state index in [1.807, 2.05) is 28.5 Å². The zero-order valence-corrected chi connectivity index (χ0v) is 11.0. The van der Waals surface area contributed by atoms with Crippen molar-refractivity contribution in [2.45, 2.75) is 12.3 Å². The normalized spacial score (nSPS) is 19.4. The van der Waals surface area contributed by atoms with Crippen LogP contribution < -0.4 is 0 Å². The fraction of sp³-hybridized carbons (Fsp3) is 0.308. The third-order valence-electron chi connectivity index (χ3n) is 3.18. The monoisotopic (exact) mass is 275 g/mol. The average Bonchev–Trinajstić information content (AvgIpc) is 3.14. The molecule has 1 atom stereocenters. The number of rotatable bonds is 3. The lowest BCUT2D eigenvalue weighted by Crippen LogP contribution is -2.26. The molecule has 6 heteroatoms. The van der Waals surface area contributed by atoms with E-state index in [-0.39, 0.29) is 11.8 Å². The molecule has 0 saturated carbocycles. The van der Waals surface area contributed by atoms with Crippen molar-refractivity contribution in [3.63, 3.8) is 0 Å². The lowest BCUT2D eigenvalue weighted by atomic mass is 10.1. The topological polar surface area (TPSA) is 59.2 Å². The summed E-state index contributed by atoms with van der Waals surface area (Å²) in [4.78, 5) is 19.0. The van der Waals surface area contributed by atoms with Crippen LogP contribution in [0.25, 0.3) is 6.08 Å². The quantitative estimate of drug-likeness (QED) is 0.805. The number of carbonyl (C=O) groups excluding carboxylic acids is 1. The Balaban J connectivity index is 1.60. The molecular weight excluding hydrogens is 262 g/mol. The van der Waals surface area contributed by atoms with Gasteiger partial charge in [-0.05, 0) is 23.9 Å². The molecule has 1 aliphatic heterocycles. The Bertz CT molecular complexity index is 563. The molecule has 3 heterocycles. The van der Waals surface area contributed by atoms with Gasteiger partial charge in [0.15, 0.2) is 5.82 Å². The van der Waals surface area contributed by atoms with Gasteiger partial charge in [0, 0.05) is 30.0 Å². The van der Waals surface area contributed by atoms with Crippen molar-refractivity contribution in [3.8, 4) is 0 Å². The summed E-state index contributed by atoms with van der Waals surface area (Å²) in [6.07, 6.45) is 5.70. The first-order valence-electron chi connectivity index (χ1n) is 6.09. The first-order chi connectivity index (χ1) is 9.33. The van der Waals surface area contributed by atoms with E-state index in [0.29, 0.717) is 12.4 Å². The Morgan fingerprint density at radius 2 is 2.53 bits per heavy atom. The van der Waals surface area contributed by atoms with Crippen molar-refractivity contribution in [3.05, 3.63) is 40.7 Å². The Labute approximate surface area is 114 Å².